The Kier molecular flexibility index (Phi) is 6.09. The topological polar surface area (TPSA) is 42.4 Å². The summed E-state index contributed by atoms with van der Waals surface area (Å²) in [5.74, 6) is -0.254. The molecule has 1 aliphatic rings. The summed E-state index contributed by atoms with van der Waals surface area (Å²) in [5, 5.41) is 0.684. The van der Waals surface area contributed by atoms with Gasteiger partial charge in [-0.2, -0.15) is 0 Å². The number of aromatic nitrogens is 1. The Hall–Kier alpha value is -1.93. The van der Waals surface area contributed by atoms with Gasteiger partial charge in [-0.05, 0) is 63.9 Å². The molecule has 0 aliphatic carbocycles. The van der Waals surface area contributed by atoms with Gasteiger partial charge >= 0.3 is 6.36 Å². The summed E-state index contributed by atoms with van der Waals surface area (Å²) in [6, 6.07) is 4.96. The zero-order valence-corrected chi connectivity index (χ0v) is 16.9. The first-order valence-corrected chi connectivity index (χ1v) is 10.0. The van der Waals surface area contributed by atoms with Crippen LogP contribution >= 0.6 is 11.3 Å². The number of halogens is 3. The number of benzene rings is 1. The van der Waals surface area contributed by atoms with Crippen LogP contribution in [0.3, 0.4) is 0 Å². The number of nitrogens with zero attached hydrogens (tertiary/aromatic N) is 2. The molecule has 2 aromatic rings. The lowest BCUT2D eigenvalue weighted by Gasteiger charge is -2.20. The Morgan fingerprint density at radius 1 is 1.36 bits per heavy atom. The van der Waals surface area contributed by atoms with Crippen LogP contribution in [0.5, 0.6) is 5.75 Å². The summed E-state index contributed by atoms with van der Waals surface area (Å²) >= 11 is 1.46. The molecule has 1 aromatic heterocycles. The minimum absolute atomic E-state index is 0.00623. The van der Waals surface area contributed by atoms with E-state index in [2.05, 4.69) is 21.5 Å². The number of hydrogen-bond donors (Lipinski definition) is 0. The lowest BCUT2D eigenvalue weighted by molar-refractivity contribution is -0.274. The Morgan fingerprint density at radius 2 is 2.11 bits per heavy atom. The monoisotopic (exact) mass is 412 g/mol. The number of carbonyl (C=O) groups excluding carboxylic acids is 1. The Balaban J connectivity index is 1.99. The summed E-state index contributed by atoms with van der Waals surface area (Å²) in [5.41, 5.74) is 1.86. The number of likely N-dealkylation sites (tertiary alicyclic amines) is 1. The number of thiazole rings is 1. The quantitative estimate of drug-likeness (QED) is 0.659. The number of alkyl halides is 3. The van der Waals surface area contributed by atoms with Gasteiger partial charge in [-0.1, -0.05) is 0 Å². The van der Waals surface area contributed by atoms with Crippen LogP contribution in [-0.2, 0) is 17.8 Å². The molecule has 0 unspecified atom stereocenters. The SMILES string of the molecule is CC(=O)Cc1nc(-c2cc(C)cc(OC(F)(F)F)c2)c(CN2CCC[C@H]2C)s1. The summed E-state index contributed by atoms with van der Waals surface area (Å²) in [6.07, 6.45) is -2.27. The standard InChI is InChI=1S/C20H23F3N2O2S/c1-12-7-15(10-16(8-12)27-20(21,22)23)19-17(11-25-6-4-5-13(25)2)28-18(24-19)9-14(3)26/h7-8,10,13H,4-6,9,11H2,1-3H3/t13-/m1/s1. The van der Waals surface area contributed by atoms with Crippen molar-refractivity contribution in [1.82, 2.24) is 9.88 Å². The van der Waals surface area contributed by atoms with Crippen molar-refractivity contribution in [2.24, 2.45) is 0 Å². The van der Waals surface area contributed by atoms with Gasteiger partial charge in [0, 0.05) is 23.0 Å². The first-order valence-electron chi connectivity index (χ1n) is 9.20. The summed E-state index contributed by atoms with van der Waals surface area (Å²) in [6.45, 7) is 7.06. The number of carbonyl (C=O) groups is 1. The highest BCUT2D eigenvalue weighted by molar-refractivity contribution is 7.12. The number of ether oxygens (including phenoxy) is 1. The molecule has 152 valence electrons. The lowest BCUT2D eigenvalue weighted by Crippen LogP contribution is -2.25. The van der Waals surface area contributed by atoms with E-state index >= 15 is 0 Å². The second-order valence-corrected chi connectivity index (χ2v) is 8.47. The molecule has 3 rings (SSSR count). The van der Waals surface area contributed by atoms with Gasteiger partial charge in [-0.25, -0.2) is 4.98 Å². The van der Waals surface area contributed by atoms with Gasteiger partial charge in [-0.15, -0.1) is 24.5 Å². The minimum Gasteiger partial charge on any atom is -0.406 e. The fourth-order valence-corrected chi connectivity index (χ4v) is 4.70. The van der Waals surface area contributed by atoms with Crippen LogP contribution in [0.15, 0.2) is 18.2 Å². The van der Waals surface area contributed by atoms with Crippen molar-refractivity contribution in [3.63, 3.8) is 0 Å². The van der Waals surface area contributed by atoms with Crippen molar-refractivity contribution in [3.8, 4) is 17.0 Å². The van der Waals surface area contributed by atoms with Crippen molar-refractivity contribution < 1.29 is 22.7 Å². The van der Waals surface area contributed by atoms with Crippen molar-refractivity contribution in [2.45, 2.75) is 59.0 Å². The summed E-state index contributed by atoms with van der Waals surface area (Å²) in [4.78, 5) is 19.5. The van der Waals surface area contributed by atoms with Crippen molar-refractivity contribution in [2.75, 3.05) is 6.54 Å². The summed E-state index contributed by atoms with van der Waals surface area (Å²) in [7, 11) is 0. The van der Waals surface area contributed by atoms with E-state index in [1.54, 1.807) is 13.0 Å². The zero-order valence-electron chi connectivity index (χ0n) is 16.1. The molecule has 0 saturated carbocycles. The molecule has 0 amide bonds. The van der Waals surface area contributed by atoms with Crippen LogP contribution in [0.25, 0.3) is 11.3 Å². The highest BCUT2D eigenvalue weighted by Gasteiger charge is 2.31. The van der Waals surface area contributed by atoms with Crippen LogP contribution in [0.2, 0.25) is 0 Å². The van der Waals surface area contributed by atoms with E-state index in [-0.39, 0.29) is 18.0 Å². The van der Waals surface area contributed by atoms with Gasteiger partial charge in [0.25, 0.3) is 0 Å². The van der Waals surface area contributed by atoms with E-state index in [1.807, 2.05) is 0 Å². The fourth-order valence-electron chi connectivity index (χ4n) is 3.51. The van der Waals surface area contributed by atoms with E-state index in [4.69, 9.17) is 0 Å². The highest BCUT2D eigenvalue weighted by atomic mass is 32.1. The smallest absolute Gasteiger partial charge is 0.406 e. The Labute approximate surface area is 166 Å². The number of ketones is 1. The van der Waals surface area contributed by atoms with E-state index in [1.165, 1.54) is 30.4 Å². The third-order valence-electron chi connectivity index (χ3n) is 4.74. The van der Waals surface area contributed by atoms with E-state index < -0.39 is 6.36 Å². The molecule has 0 N–H and O–H groups in total. The maximum atomic E-state index is 12.7. The third kappa shape index (κ3) is 5.32. The van der Waals surface area contributed by atoms with Crippen LogP contribution in [0.4, 0.5) is 13.2 Å². The first kappa shape index (κ1) is 20.8. The molecular weight excluding hydrogens is 389 g/mol. The molecule has 0 radical (unpaired) electrons. The van der Waals surface area contributed by atoms with Crippen LogP contribution in [0.1, 0.15) is 42.1 Å². The molecule has 1 saturated heterocycles. The largest absolute Gasteiger partial charge is 0.573 e. The number of hydrogen-bond acceptors (Lipinski definition) is 5. The average Bonchev–Trinajstić information content (AvgIpc) is 3.11. The van der Waals surface area contributed by atoms with Crippen LogP contribution in [0, 0.1) is 6.92 Å². The third-order valence-corrected chi connectivity index (χ3v) is 5.78. The molecule has 28 heavy (non-hydrogen) atoms. The minimum atomic E-state index is -4.75. The van der Waals surface area contributed by atoms with Crippen molar-refractivity contribution >= 4 is 17.1 Å². The number of aryl methyl sites for hydroxylation is 1. The maximum Gasteiger partial charge on any atom is 0.573 e. The van der Waals surface area contributed by atoms with Gasteiger partial charge in [0.2, 0.25) is 0 Å². The predicted octanol–water partition coefficient (Wildman–Crippen LogP) is 5.13. The van der Waals surface area contributed by atoms with Gasteiger partial charge in [0.1, 0.15) is 16.5 Å². The van der Waals surface area contributed by atoms with Crippen molar-refractivity contribution in [3.05, 3.63) is 33.6 Å². The first-order chi connectivity index (χ1) is 13.1. The van der Waals surface area contributed by atoms with Gasteiger partial charge in [-0.3, -0.25) is 9.69 Å². The second-order valence-electron chi connectivity index (χ2n) is 7.30. The Morgan fingerprint density at radius 3 is 2.71 bits per heavy atom. The molecule has 1 fully saturated rings. The molecule has 1 aromatic carbocycles. The zero-order chi connectivity index (χ0) is 20.5. The predicted molar refractivity (Wildman–Crippen MR) is 102 cm³/mol. The van der Waals surface area contributed by atoms with Crippen molar-refractivity contribution in [1.29, 1.82) is 0 Å². The van der Waals surface area contributed by atoms with Gasteiger partial charge in [0.15, 0.2) is 0 Å². The molecule has 4 nitrogen and oxygen atoms in total. The molecular formula is C20H23F3N2O2S. The fraction of sp³-hybridized carbons (Fsp3) is 0.500. The van der Waals surface area contributed by atoms with E-state index in [0.717, 1.165) is 24.3 Å². The molecule has 2 heterocycles. The summed E-state index contributed by atoms with van der Waals surface area (Å²) < 4.78 is 42.1. The van der Waals surface area contributed by atoms with E-state index in [9.17, 15) is 18.0 Å². The Bertz CT molecular complexity index is 864. The van der Waals surface area contributed by atoms with Gasteiger partial charge < -0.3 is 4.74 Å². The second kappa shape index (κ2) is 8.21. The normalized spacial score (nSPS) is 17.9. The van der Waals surface area contributed by atoms with Crippen LogP contribution in [-0.4, -0.2) is 34.6 Å². The molecule has 0 spiro atoms. The molecule has 8 heteroatoms. The molecule has 0 bridgehead atoms. The van der Waals surface area contributed by atoms with Crippen LogP contribution < -0.4 is 4.74 Å². The van der Waals surface area contributed by atoms with Gasteiger partial charge in [0.05, 0.1) is 12.1 Å². The molecule has 1 aliphatic heterocycles. The lowest BCUT2D eigenvalue weighted by atomic mass is 10.1. The number of rotatable bonds is 6. The molecule has 1 atom stereocenters. The highest BCUT2D eigenvalue weighted by Crippen LogP contribution is 2.35. The average molecular weight is 412 g/mol. The maximum absolute atomic E-state index is 12.7. The van der Waals surface area contributed by atoms with E-state index in [0.29, 0.717) is 34.4 Å². The number of Topliss-reactive ketones (excluding diaryl/α,β-unsaturated/α-hetero) is 1.